The Balaban J connectivity index is 3.14. The Morgan fingerprint density at radius 2 is 2.14 bits per heavy atom. The third-order valence-corrected chi connectivity index (χ3v) is 2.37. The Labute approximate surface area is 83.1 Å². The maximum absolute atomic E-state index is 10.6. The number of aryl methyl sites for hydroxylation is 1. The van der Waals surface area contributed by atoms with Crippen molar-refractivity contribution in [2.75, 3.05) is 7.05 Å². The average Bonchev–Trinajstić information content (AvgIpc) is 2.17. The van der Waals surface area contributed by atoms with E-state index in [-0.39, 0.29) is 16.7 Å². The molecule has 1 atom stereocenters. The second kappa shape index (κ2) is 4.19. The molecule has 0 aliphatic rings. The summed E-state index contributed by atoms with van der Waals surface area (Å²) >= 11 is 0. The summed E-state index contributed by atoms with van der Waals surface area (Å²) in [6.07, 6.45) is 0. The van der Waals surface area contributed by atoms with Gasteiger partial charge in [-0.25, -0.2) is 0 Å². The summed E-state index contributed by atoms with van der Waals surface area (Å²) in [5.41, 5.74) is 2.19. The first kappa shape index (κ1) is 10.7. The van der Waals surface area contributed by atoms with Gasteiger partial charge in [0.05, 0.1) is 4.92 Å². The smallest absolute Gasteiger partial charge is 0.269 e. The van der Waals surface area contributed by atoms with Crippen LogP contribution in [-0.2, 0) is 0 Å². The van der Waals surface area contributed by atoms with Crippen LogP contribution in [0.2, 0.25) is 0 Å². The van der Waals surface area contributed by atoms with Gasteiger partial charge >= 0.3 is 0 Å². The normalized spacial score (nSPS) is 12.5. The molecule has 0 aliphatic heterocycles. The summed E-state index contributed by atoms with van der Waals surface area (Å²) in [5.74, 6) is 0. The van der Waals surface area contributed by atoms with Gasteiger partial charge in [0, 0.05) is 18.2 Å². The molecule has 0 aliphatic carbocycles. The third kappa shape index (κ3) is 2.09. The fourth-order valence-electron chi connectivity index (χ4n) is 1.36. The van der Waals surface area contributed by atoms with Crippen molar-refractivity contribution in [2.45, 2.75) is 19.9 Å². The first-order chi connectivity index (χ1) is 6.56. The quantitative estimate of drug-likeness (QED) is 0.592. The van der Waals surface area contributed by atoms with Crippen molar-refractivity contribution in [3.8, 4) is 0 Å². The van der Waals surface area contributed by atoms with Crippen molar-refractivity contribution < 1.29 is 4.92 Å². The van der Waals surface area contributed by atoms with Crippen LogP contribution in [0.4, 0.5) is 5.69 Å². The number of nitrogens with zero attached hydrogens (tertiary/aromatic N) is 1. The molecule has 14 heavy (non-hydrogen) atoms. The minimum atomic E-state index is -0.370. The molecule has 0 heterocycles. The first-order valence-electron chi connectivity index (χ1n) is 4.48. The molecule has 0 spiro atoms. The molecule has 1 aromatic rings. The molecule has 1 N–H and O–H groups in total. The number of rotatable bonds is 3. The second-order valence-electron chi connectivity index (χ2n) is 3.31. The SMILES string of the molecule is CNC(C)c1cc([N+](=O)[O-])ccc1C. The summed E-state index contributed by atoms with van der Waals surface area (Å²) in [4.78, 5) is 10.2. The Morgan fingerprint density at radius 3 is 2.64 bits per heavy atom. The van der Waals surface area contributed by atoms with Crippen molar-refractivity contribution in [3.63, 3.8) is 0 Å². The van der Waals surface area contributed by atoms with Crippen LogP contribution in [0.15, 0.2) is 18.2 Å². The molecule has 0 bridgehead atoms. The van der Waals surface area contributed by atoms with Gasteiger partial charge < -0.3 is 5.32 Å². The van der Waals surface area contributed by atoms with Gasteiger partial charge in [-0.2, -0.15) is 0 Å². The number of non-ortho nitro benzene ring substituents is 1. The molecule has 1 unspecified atom stereocenters. The molecule has 0 aromatic heterocycles. The van der Waals surface area contributed by atoms with Gasteiger partial charge in [-0.3, -0.25) is 10.1 Å². The number of benzene rings is 1. The number of hydrogen-bond donors (Lipinski definition) is 1. The Bertz CT molecular complexity index is 350. The van der Waals surface area contributed by atoms with Crippen LogP contribution < -0.4 is 5.32 Å². The number of nitro groups is 1. The van der Waals surface area contributed by atoms with Crippen molar-refractivity contribution in [3.05, 3.63) is 39.4 Å². The van der Waals surface area contributed by atoms with E-state index in [0.717, 1.165) is 11.1 Å². The third-order valence-electron chi connectivity index (χ3n) is 2.37. The fourth-order valence-corrected chi connectivity index (χ4v) is 1.36. The zero-order valence-electron chi connectivity index (χ0n) is 8.57. The molecule has 4 heteroatoms. The van der Waals surface area contributed by atoms with Crippen LogP contribution in [0, 0.1) is 17.0 Å². The molecule has 0 saturated heterocycles. The van der Waals surface area contributed by atoms with Crippen LogP contribution >= 0.6 is 0 Å². The Morgan fingerprint density at radius 1 is 1.50 bits per heavy atom. The lowest BCUT2D eigenvalue weighted by atomic mass is 10.0. The largest absolute Gasteiger partial charge is 0.313 e. The van der Waals surface area contributed by atoms with Gasteiger partial charge in [0.15, 0.2) is 0 Å². The molecule has 0 saturated carbocycles. The summed E-state index contributed by atoms with van der Waals surface area (Å²) < 4.78 is 0. The van der Waals surface area contributed by atoms with Gasteiger partial charge in [-0.05, 0) is 32.0 Å². The fraction of sp³-hybridized carbons (Fsp3) is 0.400. The number of nitro benzene ring substituents is 1. The zero-order chi connectivity index (χ0) is 10.7. The summed E-state index contributed by atoms with van der Waals surface area (Å²) in [5, 5.41) is 13.6. The van der Waals surface area contributed by atoms with Crippen LogP contribution in [0.25, 0.3) is 0 Å². The van der Waals surface area contributed by atoms with E-state index in [1.54, 1.807) is 12.1 Å². The van der Waals surface area contributed by atoms with Crippen LogP contribution in [0.3, 0.4) is 0 Å². The minimum absolute atomic E-state index is 0.134. The van der Waals surface area contributed by atoms with Crippen molar-refractivity contribution >= 4 is 5.69 Å². The summed E-state index contributed by atoms with van der Waals surface area (Å²) in [6.45, 7) is 3.93. The van der Waals surface area contributed by atoms with Crippen molar-refractivity contribution in [2.24, 2.45) is 0 Å². The highest BCUT2D eigenvalue weighted by atomic mass is 16.6. The molecule has 1 rings (SSSR count). The van der Waals surface area contributed by atoms with Crippen molar-refractivity contribution in [1.29, 1.82) is 0 Å². The topological polar surface area (TPSA) is 55.2 Å². The van der Waals surface area contributed by atoms with Crippen LogP contribution in [0.1, 0.15) is 24.1 Å². The molecule has 76 valence electrons. The molecule has 0 amide bonds. The predicted molar refractivity (Wildman–Crippen MR) is 55.3 cm³/mol. The summed E-state index contributed by atoms with van der Waals surface area (Å²) in [7, 11) is 1.84. The van der Waals surface area contributed by atoms with Crippen LogP contribution in [-0.4, -0.2) is 12.0 Å². The van der Waals surface area contributed by atoms with E-state index in [0.29, 0.717) is 0 Å². The standard InChI is InChI=1S/C10H14N2O2/c1-7-4-5-9(12(13)14)6-10(7)8(2)11-3/h4-6,8,11H,1-3H3. The molecule has 0 fully saturated rings. The second-order valence-corrected chi connectivity index (χ2v) is 3.31. The molecular weight excluding hydrogens is 180 g/mol. The average molecular weight is 194 g/mol. The maximum atomic E-state index is 10.6. The van der Waals surface area contributed by atoms with E-state index in [9.17, 15) is 10.1 Å². The lowest BCUT2D eigenvalue weighted by Crippen LogP contribution is -2.13. The Hall–Kier alpha value is -1.42. The molecule has 1 aromatic carbocycles. The van der Waals surface area contributed by atoms with E-state index < -0.39 is 0 Å². The van der Waals surface area contributed by atoms with Gasteiger partial charge in [0.1, 0.15) is 0 Å². The Kier molecular flexibility index (Phi) is 3.19. The lowest BCUT2D eigenvalue weighted by Gasteiger charge is -2.12. The van der Waals surface area contributed by atoms with E-state index in [4.69, 9.17) is 0 Å². The van der Waals surface area contributed by atoms with Gasteiger partial charge in [-0.1, -0.05) is 6.07 Å². The predicted octanol–water partition coefficient (Wildman–Crippen LogP) is 2.18. The van der Waals surface area contributed by atoms with E-state index in [1.807, 2.05) is 20.9 Å². The first-order valence-corrected chi connectivity index (χ1v) is 4.48. The van der Waals surface area contributed by atoms with Crippen molar-refractivity contribution in [1.82, 2.24) is 5.32 Å². The van der Waals surface area contributed by atoms with Gasteiger partial charge in [-0.15, -0.1) is 0 Å². The lowest BCUT2D eigenvalue weighted by molar-refractivity contribution is -0.384. The monoisotopic (exact) mass is 194 g/mol. The zero-order valence-corrected chi connectivity index (χ0v) is 8.57. The van der Waals surface area contributed by atoms with Gasteiger partial charge in [0.2, 0.25) is 0 Å². The molecule has 4 nitrogen and oxygen atoms in total. The highest BCUT2D eigenvalue weighted by molar-refractivity contribution is 5.40. The minimum Gasteiger partial charge on any atom is -0.313 e. The molecule has 0 radical (unpaired) electrons. The number of nitrogens with one attached hydrogen (secondary N) is 1. The van der Waals surface area contributed by atoms with Gasteiger partial charge in [0.25, 0.3) is 5.69 Å². The van der Waals surface area contributed by atoms with E-state index >= 15 is 0 Å². The van der Waals surface area contributed by atoms with E-state index in [1.165, 1.54) is 6.07 Å². The highest BCUT2D eigenvalue weighted by Crippen LogP contribution is 2.22. The van der Waals surface area contributed by atoms with Crippen LogP contribution in [0.5, 0.6) is 0 Å². The molecular formula is C10H14N2O2. The van der Waals surface area contributed by atoms with E-state index in [2.05, 4.69) is 5.32 Å². The highest BCUT2D eigenvalue weighted by Gasteiger charge is 2.11. The maximum Gasteiger partial charge on any atom is 0.269 e. The number of hydrogen-bond acceptors (Lipinski definition) is 3. The summed E-state index contributed by atoms with van der Waals surface area (Å²) in [6, 6.07) is 5.06.